The lowest BCUT2D eigenvalue weighted by molar-refractivity contribution is 0.0783. The van der Waals surface area contributed by atoms with Crippen molar-refractivity contribution in [2.24, 2.45) is 5.92 Å². The summed E-state index contributed by atoms with van der Waals surface area (Å²) in [6.07, 6.45) is 0. The molecule has 0 saturated carbocycles. The monoisotopic (exact) mass is 345 g/mol. The molecule has 0 bridgehead atoms. The summed E-state index contributed by atoms with van der Waals surface area (Å²) in [7, 11) is 3.18. The zero-order chi connectivity index (χ0) is 18.4. The number of hydrogen-bond donors (Lipinski definition) is 0. The molecule has 0 fully saturated rings. The fourth-order valence-electron chi connectivity index (χ4n) is 2.35. The molecule has 25 heavy (non-hydrogen) atoms. The van der Waals surface area contributed by atoms with Gasteiger partial charge < -0.3 is 14.4 Å². The van der Waals surface area contributed by atoms with E-state index in [0.29, 0.717) is 35.2 Å². The topological polar surface area (TPSA) is 38.8 Å². The molecule has 0 aliphatic carbocycles. The molecule has 4 nitrogen and oxygen atoms in total. The summed E-state index contributed by atoms with van der Waals surface area (Å²) < 4.78 is 24.8. The molecule has 5 heteroatoms. The average molecular weight is 345 g/mol. The van der Waals surface area contributed by atoms with Crippen molar-refractivity contribution in [1.29, 1.82) is 0 Å². The largest absolute Gasteiger partial charge is 0.493 e. The Morgan fingerprint density at radius 2 is 1.88 bits per heavy atom. The summed E-state index contributed by atoms with van der Waals surface area (Å²) in [5.74, 6) is 0.961. The number of carbonyl (C=O) groups excluding carboxylic acids is 1. The number of hydrogen-bond acceptors (Lipinski definition) is 3. The van der Waals surface area contributed by atoms with Gasteiger partial charge in [0.05, 0.1) is 13.7 Å². The number of carbonyl (C=O) groups is 1. The van der Waals surface area contributed by atoms with E-state index in [0.717, 1.165) is 0 Å². The van der Waals surface area contributed by atoms with Crippen molar-refractivity contribution in [2.75, 3.05) is 20.8 Å². The van der Waals surface area contributed by atoms with Gasteiger partial charge in [-0.3, -0.25) is 4.79 Å². The van der Waals surface area contributed by atoms with Gasteiger partial charge in [0.1, 0.15) is 5.82 Å². The van der Waals surface area contributed by atoms with Crippen LogP contribution >= 0.6 is 0 Å². The quantitative estimate of drug-likeness (QED) is 0.757. The maximum Gasteiger partial charge on any atom is 0.254 e. The third kappa shape index (κ3) is 4.95. The Morgan fingerprint density at radius 1 is 1.16 bits per heavy atom. The Morgan fingerprint density at radius 3 is 2.52 bits per heavy atom. The highest BCUT2D eigenvalue weighted by Crippen LogP contribution is 2.29. The van der Waals surface area contributed by atoms with Gasteiger partial charge in [0.2, 0.25) is 0 Å². The number of benzene rings is 2. The lowest BCUT2D eigenvalue weighted by atomic mass is 10.1. The minimum absolute atomic E-state index is 0.194. The van der Waals surface area contributed by atoms with Crippen LogP contribution in [-0.2, 0) is 6.54 Å². The molecule has 0 saturated heterocycles. The highest BCUT2D eigenvalue weighted by Gasteiger charge is 2.16. The Bertz CT molecular complexity index is 731. The fourth-order valence-corrected chi connectivity index (χ4v) is 2.35. The van der Waals surface area contributed by atoms with E-state index < -0.39 is 0 Å². The molecule has 0 aromatic heterocycles. The SMILES string of the molecule is COc1cc(C(=O)N(C)Cc2ccccc2F)ccc1OCC(C)C. The molecule has 0 aliphatic rings. The van der Waals surface area contributed by atoms with Gasteiger partial charge in [0.25, 0.3) is 5.91 Å². The van der Waals surface area contributed by atoms with Crippen LogP contribution in [0.25, 0.3) is 0 Å². The summed E-state index contributed by atoms with van der Waals surface area (Å²) in [6.45, 7) is 4.88. The van der Waals surface area contributed by atoms with Crippen molar-refractivity contribution in [2.45, 2.75) is 20.4 Å². The Labute approximate surface area is 148 Å². The van der Waals surface area contributed by atoms with Gasteiger partial charge in [-0.25, -0.2) is 4.39 Å². The number of methoxy groups -OCH3 is 1. The molecular weight excluding hydrogens is 321 g/mol. The summed E-state index contributed by atoms with van der Waals surface area (Å²) in [6, 6.07) is 11.5. The van der Waals surface area contributed by atoms with Crippen LogP contribution in [0.15, 0.2) is 42.5 Å². The van der Waals surface area contributed by atoms with Crippen molar-refractivity contribution in [3.05, 3.63) is 59.4 Å². The molecule has 0 N–H and O–H groups in total. The highest BCUT2D eigenvalue weighted by atomic mass is 19.1. The first-order valence-corrected chi connectivity index (χ1v) is 8.22. The van der Waals surface area contributed by atoms with E-state index >= 15 is 0 Å². The highest BCUT2D eigenvalue weighted by molar-refractivity contribution is 5.94. The lowest BCUT2D eigenvalue weighted by Gasteiger charge is -2.19. The number of halogens is 1. The second-order valence-corrected chi connectivity index (χ2v) is 6.32. The van der Waals surface area contributed by atoms with Gasteiger partial charge in [0, 0.05) is 24.7 Å². The van der Waals surface area contributed by atoms with Gasteiger partial charge in [-0.05, 0) is 30.2 Å². The second-order valence-electron chi connectivity index (χ2n) is 6.32. The van der Waals surface area contributed by atoms with E-state index in [2.05, 4.69) is 13.8 Å². The average Bonchev–Trinajstić information content (AvgIpc) is 2.61. The number of nitrogens with zero attached hydrogens (tertiary/aromatic N) is 1. The van der Waals surface area contributed by atoms with Crippen LogP contribution in [0.2, 0.25) is 0 Å². The summed E-state index contributed by atoms with van der Waals surface area (Å²) in [5, 5.41) is 0. The number of amides is 1. The maximum atomic E-state index is 13.8. The standard InChI is InChI=1S/C20H24FNO3/c1-14(2)13-25-18-10-9-15(11-19(18)24-4)20(23)22(3)12-16-7-5-6-8-17(16)21/h5-11,14H,12-13H2,1-4H3. The molecule has 1 amide bonds. The zero-order valence-electron chi connectivity index (χ0n) is 15.1. The molecule has 0 spiro atoms. The molecule has 2 rings (SSSR count). The van der Waals surface area contributed by atoms with Crippen LogP contribution in [0.4, 0.5) is 4.39 Å². The van der Waals surface area contributed by atoms with Crippen molar-refractivity contribution >= 4 is 5.91 Å². The van der Waals surface area contributed by atoms with Crippen LogP contribution in [0.5, 0.6) is 11.5 Å². The van der Waals surface area contributed by atoms with Gasteiger partial charge in [-0.2, -0.15) is 0 Å². The van der Waals surface area contributed by atoms with Gasteiger partial charge in [-0.1, -0.05) is 32.0 Å². The molecule has 2 aromatic rings. The fraction of sp³-hybridized carbons (Fsp3) is 0.350. The van der Waals surface area contributed by atoms with Crippen LogP contribution in [0.1, 0.15) is 29.8 Å². The smallest absolute Gasteiger partial charge is 0.254 e. The minimum Gasteiger partial charge on any atom is -0.493 e. The third-order valence-electron chi connectivity index (χ3n) is 3.69. The van der Waals surface area contributed by atoms with E-state index in [1.165, 1.54) is 18.1 Å². The Kier molecular flexibility index (Phi) is 6.39. The van der Waals surface area contributed by atoms with Crippen molar-refractivity contribution in [3.8, 4) is 11.5 Å². The summed E-state index contributed by atoms with van der Waals surface area (Å²) >= 11 is 0. The van der Waals surface area contributed by atoms with Gasteiger partial charge in [0.15, 0.2) is 11.5 Å². The van der Waals surface area contributed by atoms with E-state index in [1.54, 1.807) is 43.4 Å². The Balaban J connectivity index is 2.14. The molecule has 134 valence electrons. The van der Waals surface area contributed by atoms with E-state index in [4.69, 9.17) is 9.47 Å². The maximum absolute atomic E-state index is 13.8. The number of rotatable bonds is 7. The normalized spacial score (nSPS) is 10.6. The minimum atomic E-state index is -0.322. The first-order valence-electron chi connectivity index (χ1n) is 8.22. The molecule has 2 aromatic carbocycles. The predicted molar refractivity (Wildman–Crippen MR) is 95.5 cm³/mol. The lowest BCUT2D eigenvalue weighted by Crippen LogP contribution is -2.26. The van der Waals surface area contributed by atoms with Crippen molar-refractivity contribution in [3.63, 3.8) is 0 Å². The molecule has 0 heterocycles. The summed E-state index contributed by atoms with van der Waals surface area (Å²) in [5.41, 5.74) is 0.940. The van der Waals surface area contributed by atoms with E-state index in [-0.39, 0.29) is 18.3 Å². The molecule has 0 aliphatic heterocycles. The van der Waals surface area contributed by atoms with Crippen LogP contribution in [0.3, 0.4) is 0 Å². The molecule has 0 radical (unpaired) electrons. The van der Waals surface area contributed by atoms with E-state index in [9.17, 15) is 9.18 Å². The van der Waals surface area contributed by atoms with Crippen LogP contribution in [-0.4, -0.2) is 31.6 Å². The van der Waals surface area contributed by atoms with Crippen LogP contribution < -0.4 is 9.47 Å². The van der Waals surface area contributed by atoms with Crippen molar-refractivity contribution in [1.82, 2.24) is 4.90 Å². The second kappa shape index (κ2) is 8.51. The zero-order valence-corrected chi connectivity index (χ0v) is 15.1. The van der Waals surface area contributed by atoms with Gasteiger partial charge in [-0.15, -0.1) is 0 Å². The molecule has 0 unspecified atom stereocenters. The van der Waals surface area contributed by atoms with Gasteiger partial charge >= 0.3 is 0 Å². The molecular formula is C20H24FNO3. The Hall–Kier alpha value is -2.56. The predicted octanol–water partition coefficient (Wildman–Crippen LogP) is 4.14. The first-order chi connectivity index (χ1) is 11.9. The first kappa shape index (κ1) is 18.8. The van der Waals surface area contributed by atoms with Crippen LogP contribution in [0, 0.1) is 11.7 Å². The summed E-state index contributed by atoms with van der Waals surface area (Å²) in [4.78, 5) is 14.1. The van der Waals surface area contributed by atoms with E-state index in [1.807, 2.05) is 0 Å². The van der Waals surface area contributed by atoms with Crippen molar-refractivity contribution < 1.29 is 18.7 Å². The third-order valence-corrected chi connectivity index (χ3v) is 3.69. The number of ether oxygens (including phenoxy) is 2. The molecule has 0 atom stereocenters.